The summed E-state index contributed by atoms with van der Waals surface area (Å²) in [5, 5.41) is 19.1. The molecule has 0 bridgehead atoms. The molecule has 3 aromatic rings. The van der Waals surface area contributed by atoms with E-state index in [4.69, 9.17) is 5.11 Å². The molecule has 0 spiro atoms. The number of carboxylic acid groups (broad SMARTS) is 1. The number of aromatic carboxylic acids is 1. The second-order valence-corrected chi connectivity index (χ2v) is 5.47. The Labute approximate surface area is 138 Å². The number of hydrogen-bond acceptors (Lipinski definition) is 6. The maximum Gasteiger partial charge on any atom is 0.354 e. The number of hydrogen-bond donors (Lipinski definition) is 3. The van der Waals surface area contributed by atoms with E-state index in [-0.39, 0.29) is 5.69 Å². The van der Waals surface area contributed by atoms with Gasteiger partial charge in [-0.15, -0.1) is 0 Å². The Bertz CT molecular complexity index is 919. The van der Waals surface area contributed by atoms with Gasteiger partial charge in [-0.1, -0.05) is 0 Å². The molecule has 122 valence electrons. The van der Waals surface area contributed by atoms with Gasteiger partial charge in [-0.2, -0.15) is 5.10 Å². The number of pyridine rings is 1. The van der Waals surface area contributed by atoms with Gasteiger partial charge in [0.15, 0.2) is 17.3 Å². The number of nitrogens with zero attached hydrogens (tertiary/aromatic N) is 4. The lowest BCUT2D eigenvalue weighted by Crippen LogP contribution is -2.04. The average molecular weight is 324 g/mol. The van der Waals surface area contributed by atoms with Gasteiger partial charge < -0.3 is 10.4 Å². The van der Waals surface area contributed by atoms with Gasteiger partial charge in [-0.05, 0) is 32.4 Å². The third-order valence-corrected chi connectivity index (χ3v) is 3.36. The third kappa shape index (κ3) is 3.22. The zero-order valence-corrected chi connectivity index (χ0v) is 13.5. The average Bonchev–Trinajstić information content (AvgIpc) is 2.91. The number of aryl methyl sites for hydroxylation is 3. The van der Waals surface area contributed by atoms with Gasteiger partial charge in [0.25, 0.3) is 0 Å². The second kappa shape index (κ2) is 6.07. The molecule has 3 N–H and O–H groups in total. The van der Waals surface area contributed by atoms with E-state index in [0.29, 0.717) is 28.6 Å². The molecule has 0 amide bonds. The van der Waals surface area contributed by atoms with Gasteiger partial charge in [-0.25, -0.2) is 19.7 Å². The molecule has 0 saturated heterocycles. The number of rotatable bonds is 4. The van der Waals surface area contributed by atoms with Crippen LogP contribution in [0, 0.1) is 20.8 Å². The highest BCUT2D eigenvalue weighted by atomic mass is 16.4. The molecular formula is C16H16N6O2. The van der Waals surface area contributed by atoms with Crippen LogP contribution in [0.5, 0.6) is 0 Å². The van der Waals surface area contributed by atoms with E-state index >= 15 is 0 Å². The first-order chi connectivity index (χ1) is 11.4. The highest BCUT2D eigenvalue weighted by Crippen LogP contribution is 2.21. The van der Waals surface area contributed by atoms with Crippen molar-refractivity contribution in [3.63, 3.8) is 0 Å². The molecule has 0 saturated carbocycles. The van der Waals surface area contributed by atoms with Crippen LogP contribution in [0.3, 0.4) is 0 Å². The zero-order chi connectivity index (χ0) is 17.3. The lowest BCUT2D eigenvalue weighted by molar-refractivity contribution is 0.0689. The van der Waals surface area contributed by atoms with Crippen LogP contribution >= 0.6 is 0 Å². The number of carboxylic acids is 1. The molecule has 0 aliphatic carbocycles. The molecule has 0 unspecified atom stereocenters. The van der Waals surface area contributed by atoms with Crippen LogP contribution in [0.15, 0.2) is 24.4 Å². The zero-order valence-electron chi connectivity index (χ0n) is 13.5. The van der Waals surface area contributed by atoms with E-state index in [9.17, 15) is 4.79 Å². The van der Waals surface area contributed by atoms with Crippen molar-refractivity contribution in [2.24, 2.45) is 0 Å². The Morgan fingerprint density at radius 3 is 2.54 bits per heavy atom. The van der Waals surface area contributed by atoms with Crippen molar-refractivity contribution < 1.29 is 9.90 Å². The maximum atomic E-state index is 11.1. The van der Waals surface area contributed by atoms with E-state index in [1.807, 2.05) is 19.9 Å². The highest BCUT2D eigenvalue weighted by molar-refractivity contribution is 5.87. The fraction of sp³-hybridized carbons (Fsp3) is 0.188. The predicted molar refractivity (Wildman–Crippen MR) is 88.3 cm³/mol. The summed E-state index contributed by atoms with van der Waals surface area (Å²) >= 11 is 0. The predicted octanol–water partition coefficient (Wildman–Crippen LogP) is 2.63. The molecule has 0 aliphatic heterocycles. The normalized spacial score (nSPS) is 10.6. The number of nitrogens with one attached hydrogen (secondary N) is 2. The molecule has 8 nitrogen and oxygen atoms in total. The molecule has 3 heterocycles. The summed E-state index contributed by atoms with van der Waals surface area (Å²) in [6.07, 6.45) is 1.47. The van der Waals surface area contributed by atoms with Crippen LogP contribution in [-0.4, -0.2) is 36.2 Å². The number of aromatic amines is 1. The molecule has 0 aliphatic rings. The number of aromatic nitrogens is 5. The summed E-state index contributed by atoms with van der Waals surface area (Å²) in [6, 6.07) is 5.39. The van der Waals surface area contributed by atoms with Gasteiger partial charge in [0.1, 0.15) is 5.82 Å². The summed E-state index contributed by atoms with van der Waals surface area (Å²) in [6.45, 7) is 5.47. The van der Waals surface area contributed by atoms with Crippen molar-refractivity contribution in [3.8, 4) is 11.4 Å². The van der Waals surface area contributed by atoms with Gasteiger partial charge in [0, 0.05) is 35.3 Å². The van der Waals surface area contributed by atoms with Crippen molar-refractivity contribution in [2.75, 3.05) is 5.32 Å². The van der Waals surface area contributed by atoms with Gasteiger partial charge >= 0.3 is 5.97 Å². The molecule has 0 aromatic carbocycles. The molecule has 24 heavy (non-hydrogen) atoms. The summed E-state index contributed by atoms with van der Waals surface area (Å²) in [4.78, 5) is 23.9. The summed E-state index contributed by atoms with van der Waals surface area (Å²) < 4.78 is 0. The standard InChI is InChI=1S/C16H16N6O2/c1-8-4-11(7-17-14(8)16(23)24)15-18-9(2)5-12(20-15)19-13-6-10(3)21-22-13/h4-7H,1-3H3,(H,23,24)(H2,18,19,20,21,22). The Morgan fingerprint density at radius 2 is 1.92 bits per heavy atom. The largest absolute Gasteiger partial charge is 0.477 e. The Kier molecular flexibility index (Phi) is 3.95. The summed E-state index contributed by atoms with van der Waals surface area (Å²) in [5.74, 6) is 0.675. The molecule has 3 aromatic heterocycles. The maximum absolute atomic E-state index is 11.1. The van der Waals surface area contributed by atoms with E-state index < -0.39 is 5.97 Å². The van der Waals surface area contributed by atoms with E-state index in [1.165, 1.54) is 6.20 Å². The van der Waals surface area contributed by atoms with Crippen LogP contribution in [0.2, 0.25) is 0 Å². The Hall–Kier alpha value is -3.29. The third-order valence-electron chi connectivity index (χ3n) is 3.36. The van der Waals surface area contributed by atoms with Crippen LogP contribution in [0.1, 0.15) is 27.4 Å². The van der Waals surface area contributed by atoms with Crippen LogP contribution in [0.25, 0.3) is 11.4 Å². The lowest BCUT2D eigenvalue weighted by Gasteiger charge is -2.08. The smallest absolute Gasteiger partial charge is 0.354 e. The van der Waals surface area contributed by atoms with E-state index in [1.54, 1.807) is 19.1 Å². The van der Waals surface area contributed by atoms with Crippen molar-refractivity contribution in [1.29, 1.82) is 0 Å². The minimum Gasteiger partial charge on any atom is -0.477 e. The first-order valence-corrected chi connectivity index (χ1v) is 7.27. The Morgan fingerprint density at radius 1 is 1.12 bits per heavy atom. The van der Waals surface area contributed by atoms with Crippen molar-refractivity contribution in [3.05, 3.63) is 47.0 Å². The number of H-pyrrole nitrogens is 1. The van der Waals surface area contributed by atoms with Crippen molar-refractivity contribution in [1.82, 2.24) is 25.1 Å². The quantitative estimate of drug-likeness (QED) is 0.675. The monoisotopic (exact) mass is 324 g/mol. The second-order valence-electron chi connectivity index (χ2n) is 5.47. The molecule has 0 radical (unpaired) electrons. The fourth-order valence-electron chi connectivity index (χ4n) is 2.30. The molecule has 0 atom stereocenters. The first-order valence-electron chi connectivity index (χ1n) is 7.27. The minimum absolute atomic E-state index is 0.0248. The van der Waals surface area contributed by atoms with E-state index in [0.717, 1.165) is 11.4 Å². The Balaban J connectivity index is 1.96. The van der Waals surface area contributed by atoms with Crippen LogP contribution in [0.4, 0.5) is 11.6 Å². The number of carbonyl (C=O) groups is 1. The van der Waals surface area contributed by atoms with Crippen molar-refractivity contribution in [2.45, 2.75) is 20.8 Å². The van der Waals surface area contributed by atoms with E-state index in [2.05, 4.69) is 30.5 Å². The molecular weight excluding hydrogens is 308 g/mol. The van der Waals surface area contributed by atoms with Crippen LogP contribution < -0.4 is 5.32 Å². The summed E-state index contributed by atoms with van der Waals surface area (Å²) in [5.41, 5.74) is 2.95. The highest BCUT2D eigenvalue weighted by Gasteiger charge is 2.12. The SMILES string of the molecule is Cc1cc(Nc2cc(C)[nH]n2)nc(-c2cnc(C(=O)O)c(C)c2)n1. The first kappa shape index (κ1) is 15.6. The molecule has 0 fully saturated rings. The van der Waals surface area contributed by atoms with Crippen molar-refractivity contribution >= 4 is 17.6 Å². The molecule has 8 heteroatoms. The van der Waals surface area contributed by atoms with Crippen LogP contribution in [-0.2, 0) is 0 Å². The fourth-order valence-corrected chi connectivity index (χ4v) is 2.30. The number of anilines is 2. The lowest BCUT2D eigenvalue weighted by atomic mass is 10.1. The van der Waals surface area contributed by atoms with Gasteiger partial charge in [-0.3, -0.25) is 5.10 Å². The van der Waals surface area contributed by atoms with Gasteiger partial charge in [0.2, 0.25) is 0 Å². The topological polar surface area (TPSA) is 117 Å². The minimum atomic E-state index is -1.06. The summed E-state index contributed by atoms with van der Waals surface area (Å²) in [7, 11) is 0. The molecule has 3 rings (SSSR count). The van der Waals surface area contributed by atoms with Gasteiger partial charge in [0.05, 0.1) is 0 Å².